The van der Waals surface area contributed by atoms with E-state index in [4.69, 9.17) is 4.42 Å². The number of rotatable bonds is 6. The standard InChI is InChI=1S/C44H26.C38H24O/c1-5-27-13-15-31-17-21-37(39-23-19-29(7-1)41(27)43(31)39)35-11-3-9-33(25-35)34-10-4-12-36(26-34)38-22-18-32-16-14-28-6-2-8-30-20-24-40(38)44(32)42(28)30;1-3-11-25(12-4-1)27-19-21-35-33(23-27)34-24-28(20-22-36(34)39-35)38-31-17-9-7-15-29(31)37(26-13-5-2-6-14-26)30-16-8-10-18-32(30)38/h1-26H;1-24H. The van der Waals surface area contributed by atoms with Crippen molar-refractivity contribution >= 4 is 108 Å². The molecular weight excluding hydrogens is 1000 g/mol. The third-order valence-corrected chi connectivity index (χ3v) is 17.6. The molecule has 0 saturated heterocycles. The molecule has 0 atom stereocenters. The van der Waals surface area contributed by atoms with Crippen molar-refractivity contribution in [3.05, 3.63) is 303 Å². The molecule has 384 valence electrons. The van der Waals surface area contributed by atoms with E-state index in [1.165, 1.54) is 153 Å². The summed E-state index contributed by atoms with van der Waals surface area (Å²) in [7, 11) is 0. The first-order valence-corrected chi connectivity index (χ1v) is 28.7. The summed E-state index contributed by atoms with van der Waals surface area (Å²) >= 11 is 0. The SMILES string of the molecule is c1cc(-c2cccc(-c3ccc4ccc5cccc6ccc3c4c56)c2)cc(-c2ccc3ccc4cccc5ccc2c3c45)c1.c1ccc(-c2ccc3oc4ccc(-c5c6ccccc6c(-c6ccccc6)c6ccccc56)cc4c3c2)cc1. The minimum Gasteiger partial charge on any atom is -0.456 e. The van der Waals surface area contributed by atoms with Gasteiger partial charge < -0.3 is 4.42 Å². The van der Waals surface area contributed by atoms with Crippen LogP contribution in [0.25, 0.3) is 175 Å². The summed E-state index contributed by atoms with van der Waals surface area (Å²) in [6.07, 6.45) is 0. The van der Waals surface area contributed by atoms with Crippen molar-refractivity contribution < 1.29 is 4.42 Å². The Bertz CT molecular complexity index is 5270. The van der Waals surface area contributed by atoms with Crippen molar-refractivity contribution in [1.82, 2.24) is 0 Å². The molecule has 0 spiro atoms. The molecule has 0 saturated carbocycles. The van der Waals surface area contributed by atoms with Gasteiger partial charge in [0.15, 0.2) is 0 Å². The Morgan fingerprint density at radius 3 is 0.988 bits per heavy atom. The van der Waals surface area contributed by atoms with Crippen LogP contribution in [-0.2, 0) is 0 Å². The highest BCUT2D eigenvalue weighted by Crippen LogP contribution is 2.47. The third kappa shape index (κ3) is 7.63. The molecule has 83 heavy (non-hydrogen) atoms. The smallest absolute Gasteiger partial charge is 0.135 e. The van der Waals surface area contributed by atoms with Gasteiger partial charge in [-0.15, -0.1) is 0 Å². The monoisotopic (exact) mass is 1050 g/mol. The van der Waals surface area contributed by atoms with Crippen LogP contribution in [0.3, 0.4) is 0 Å². The molecule has 0 unspecified atom stereocenters. The Hall–Kier alpha value is -10.9. The van der Waals surface area contributed by atoms with Crippen LogP contribution in [-0.4, -0.2) is 0 Å². The summed E-state index contributed by atoms with van der Waals surface area (Å²) in [6.45, 7) is 0. The Morgan fingerprint density at radius 2 is 0.506 bits per heavy atom. The van der Waals surface area contributed by atoms with Gasteiger partial charge in [-0.25, -0.2) is 0 Å². The molecule has 0 aliphatic carbocycles. The van der Waals surface area contributed by atoms with Crippen molar-refractivity contribution in [2.24, 2.45) is 0 Å². The lowest BCUT2D eigenvalue weighted by Crippen LogP contribution is -1.90. The van der Waals surface area contributed by atoms with Crippen LogP contribution >= 0.6 is 0 Å². The minimum absolute atomic E-state index is 0.911. The molecule has 0 N–H and O–H groups in total. The van der Waals surface area contributed by atoms with Crippen LogP contribution in [0.5, 0.6) is 0 Å². The van der Waals surface area contributed by atoms with Gasteiger partial charge in [0.2, 0.25) is 0 Å². The summed E-state index contributed by atoms with van der Waals surface area (Å²) in [6, 6.07) is 111. The van der Waals surface area contributed by atoms with Crippen molar-refractivity contribution in [2.45, 2.75) is 0 Å². The maximum absolute atomic E-state index is 6.29. The van der Waals surface area contributed by atoms with E-state index in [2.05, 4.69) is 303 Å². The first-order valence-electron chi connectivity index (χ1n) is 28.7. The Morgan fingerprint density at radius 1 is 0.169 bits per heavy atom. The first-order chi connectivity index (χ1) is 41.1. The predicted octanol–water partition coefficient (Wildman–Crippen LogP) is 23.4. The highest BCUT2D eigenvalue weighted by Gasteiger charge is 2.20. The average molecular weight is 1050 g/mol. The Kier molecular flexibility index (Phi) is 10.7. The van der Waals surface area contributed by atoms with E-state index in [1.807, 2.05) is 0 Å². The third-order valence-electron chi connectivity index (χ3n) is 17.6. The van der Waals surface area contributed by atoms with Gasteiger partial charge in [0.05, 0.1) is 0 Å². The summed E-state index contributed by atoms with van der Waals surface area (Å²) in [5, 5.41) is 23.2. The van der Waals surface area contributed by atoms with Gasteiger partial charge in [0.25, 0.3) is 0 Å². The normalized spacial score (nSPS) is 11.9. The van der Waals surface area contributed by atoms with Gasteiger partial charge in [-0.2, -0.15) is 0 Å². The maximum atomic E-state index is 6.29. The fraction of sp³-hybridized carbons (Fsp3) is 0. The lowest BCUT2D eigenvalue weighted by molar-refractivity contribution is 0.669. The molecule has 0 aliphatic heterocycles. The lowest BCUT2D eigenvalue weighted by atomic mass is 9.86. The lowest BCUT2D eigenvalue weighted by Gasteiger charge is -2.17. The highest BCUT2D eigenvalue weighted by molar-refractivity contribution is 6.27. The molecule has 0 bridgehead atoms. The van der Waals surface area contributed by atoms with Crippen LogP contribution in [0, 0.1) is 0 Å². The second-order valence-electron chi connectivity index (χ2n) is 22.2. The fourth-order valence-corrected chi connectivity index (χ4v) is 13.8. The van der Waals surface area contributed by atoms with Gasteiger partial charge in [0, 0.05) is 10.8 Å². The van der Waals surface area contributed by atoms with Gasteiger partial charge in [-0.3, -0.25) is 0 Å². The molecule has 0 radical (unpaired) electrons. The van der Waals surface area contributed by atoms with E-state index in [1.54, 1.807) is 0 Å². The molecule has 0 fully saturated rings. The summed E-state index contributed by atoms with van der Waals surface area (Å²) in [5.41, 5.74) is 16.7. The van der Waals surface area contributed by atoms with Crippen molar-refractivity contribution in [1.29, 1.82) is 0 Å². The molecule has 1 heterocycles. The topological polar surface area (TPSA) is 13.1 Å². The minimum atomic E-state index is 0.911. The number of fused-ring (bicyclic) bond motifs is 5. The molecule has 0 amide bonds. The summed E-state index contributed by atoms with van der Waals surface area (Å²) < 4.78 is 6.29. The Balaban J connectivity index is 0.000000132. The van der Waals surface area contributed by atoms with Crippen molar-refractivity contribution in [3.8, 4) is 66.8 Å². The number of hydrogen-bond acceptors (Lipinski definition) is 1. The quantitative estimate of drug-likeness (QED) is 0.119. The second kappa shape index (κ2) is 18.9. The zero-order chi connectivity index (χ0) is 54.5. The Labute approximate surface area is 479 Å². The number of hydrogen-bond donors (Lipinski definition) is 0. The molecule has 17 aromatic carbocycles. The zero-order valence-corrected chi connectivity index (χ0v) is 45.3. The van der Waals surface area contributed by atoms with Crippen LogP contribution in [0.2, 0.25) is 0 Å². The van der Waals surface area contributed by atoms with E-state index >= 15 is 0 Å². The molecule has 18 aromatic rings. The average Bonchev–Trinajstić information content (AvgIpc) is 3.98. The van der Waals surface area contributed by atoms with Gasteiger partial charge >= 0.3 is 0 Å². The van der Waals surface area contributed by atoms with Gasteiger partial charge in [0.1, 0.15) is 11.2 Å². The molecular formula is C82H50O. The molecule has 1 heteroatoms. The van der Waals surface area contributed by atoms with Crippen LogP contribution in [0.1, 0.15) is 0 Å². The fourth-order valence-electron chi connectivity index (χ4n) is 13.8. The predicted molar refractivity (Wildman–Crippen MR) is 355 cm³/mol. The highest BCUT2D eigenvalue weighted by atomic mass is 16.3. The molecule has 0 aliphatic rings. The first kappa shape index (κ1) is 47.0. The van der Waals surface area contributed by atoms with Crippen molar-refractivity contribution in [2.75, 3.05) is 0 Å². The molecule has 1 aromatic heterocycles. The summed E-state index contributed by atoms with van der Waals surface area (Å²) in [5.74, 6) is 0. The summed E-state index contributed by atoms with van der Waals surface area (Å²) in [4.78, 5) is 0. The maximum Gasteiger partial charge on any atom is 0.135 e. The van der Waals surface area contributed by atoms with E-state index in [-0.39, 0.29) is 0 Å². The number of furan rings is 1. The van der Waals surface area contributed by atoms with Crippen LogP contribution in [0.4, 0.5) is 0 Å². The van der Waals surface area contributed by atoms with Gasteiger partial charge in [-0.1, -0.05) is 267 Å². The van der Waals surface area contributed by atoms with Crippen molar-refractivity contribution in [3.63, 3.8) is 0 Å². The van der Waals surface area contributed by atoms with E-state index in [0.717, 1.165) is 21.9 Å². The van der Waals surface area contributed by atoms with Crippen LogP contribution < -0.4 is 0 Å². The van der Waals surface area contributed by atoms with E-state index < -0.39 is 0 Å². The van der Waals surface area contributed by atoms with E-state index in [9.17, 15) is 0 Å². The molecule has 18 rings (SSSR count). The second-order valence-corrected chi connectivity index (χ2v) is 22.2. The zero-order valence-electron chi connectivity index (χ0n) is 45.3. The van der Waals surface area contributed by atoms with Crippen LogP contribution in [0.15, 0.2) is 308 Å². The van der Waals surface area contributed by atoms with Gasteiger partial charge in [-0.05, 0) is 189 Å². The van der Waals surface area contributed by atoms with E-state index in [0.29, 0.717) is 0 Å². The largest absolute Gasteiger partial charge is 0.456 e. The molecule has 1 nitrogen and oxygen atoms in total. The number of benzene rings is 17.